The quantitative estimate of drug-likeness (QED) is 0.756. The molecule has 3 aromatic rings. The standard InChI is InChI=1S/C17H19N3S/c1-4-15-19-16(14-10-11(2)21-17(14)20-15)18-12(3)13-8-6-5-7-9-13/h5-10,12H,4H2,1-3H3,(H,18,19,20). The number of fused-ring (bicyclic) bond motifs is 1. The van der Waals surface area contributed by atoms with Crippen LogP contribution in [-0.4, -0.2) is 9.97 Å². The second-order valence-corrected chi connectivity index (χ2v) is 6.43. The van der Waals surface area contributed by atoms with Gasteiger partial charge >= 0.3 is 0 Å². The Bertz CT molecular complexity index is 749. The lowest BCUT2D eigenvalue weighted by molar-refractivity contribution is 0.865. The molecule has 0 saturated carbocycles. The minimum atomic E-state index is 0.217. The SMILES string of the molecule is CCc1nc(NC(C)c2ccccc2)c2cc(C)sc2n1. The van der Waals surface area contributed by atoms with E-state index in [2.05, 4.69) is 66.4 Å². The summed E-state index contributed by atoms with van der Waals surface area (Å²) < 4.78 is 0. The van der Waals surface area contributed by atoms with Gasteiger partial charge in [0.1, 0.15) is 16.5 Å². The van der Waals surface area contributed by atoms with Crippen LogP contribution >= 0.6 is 11.3 Å². The lowest BCUT2D eigenvalue weighted by Crippen LogP contribution is -2.09. The fourth-order valence-corrected chi connectivity index (χ4v) is 3.28. The Hall–Kier alpha value is -1.94. The largest absolute Gasteiger partial charge is 0.363 e. The topological polar surface area (TPSA) is 37.8 Å². The number of hydrogen-bond donors (Lipinski definition) is 1. The summed E-state index contributed by atoms with van der Waals surface area (Å²) in [7, 11) is 0. The van der Waals surface area contributed by atoms with Crippen molar-refractivity contribution >= 4 is 27.4 Å². The molecule has 1 unspecified atom stereocenters. The molecule has 0 aliphatic heterocycles. The van der Waals surface area contributed by atoms with Crippen molar-refractivity contribution in [3.8, 4) is 0 Å². The molecular weight excluding hydrogens is 278 g/mol. The third kappa shape index (κ3) is 2.90. The minimum Gasteiger partial charge on any atom is -0.363 e. The van der Waals surface area contributed by atoms with Gasteiger partial charge in [-0.1, -0.05) is 37.3 Å². The van der Waals surface area contributed by atoms with Gasteiger partial charge in [0.2, 0.25) is 0 Å². The van der Waals surface area contributed by atoms with E-state index in [0.717, 1.165) is 28.3 Å². The Morgan fingerprint density at radius 3 is 2.67 bits per heavy atom. The molecule has 3 nitrogen and oxygen atoms in total. The van der Waals surface area contributed by atoms with Crippen LogP contribution in [0.3, 0.4) is 0 Å². The van der Waals surface area contributed by atoms with Gasteiger partial charge in [-0.3, -0.25) is 0 Å². The van der Waals surface area contributed by atoms with E-state index >= 15 is 0 Å². The maximum Gasteiger partial charge on any atom is 0.138 e. The van der Waals surface area contributed by atoms with E-state index in [4.69, 9.17) is 0 Å². The molecule has 1 N–H and O–H groups in total. The number of rotatable bonds is 4. The lowest BCUT2D eigenvalue weighted by Gasteiger charge is -2.16. The minimum absolute atomic E-state index is 0.217. The van der Waals surface area contributed by atoms with Gasteiger partial charge in [0.15, 0.2) is 0 Å². The number of aromatic nitrogens is 2. The monoisotopic (exact) mass is 297 g/mol. The molecule has 0 bridgehead atoms. The molecule has 2 aromatic heterocycles. The number of benzene rings is 1. The first-order valence-electron chi connectivity index (χ1n) is 7.26. The zero-order valence-electron chi connectivity index (χ0n) is 12.6. The van der Waals surface area contributed by atoms with Crippen molar-refractivity contribution < 1.29 is 0 Å². The maximum atomic E-state index is 4.68. The molecule has 0 saturated heterocycles. The molecule has 0 aliphatic carbocycles. The van der Waals surface area contributed by atoms with Crippen LogP contribution in [0.1, 0.15) is 36.2 Å². The van der Waals surface area contributed by atoms with Crippen LogP contribution in [0, 0.1) is 6.92 Å². The van der Waals surface area contributed by atoms with E-state index in [-0.39, 0.29) is 6.04 Å². The molecular formula is C17H19N3S. The molecule has 0 aliphatic rings. The third-order valence-corrected chi connectivity index (χ3v) is 4.48. The van der Waals surface area contributed by atoms with Crippen LogP contribution in [0.2, 0.25) is 0 Å². The van der Waals surface area contributed by atoms with Crippen molar-refractivity contribution in [1.29, 1.82) is 0 Å². The smallest absolute Gasteiger partial charge is 0.138 e. The Morgan fingerprint density at radius 2 is 1.95 bits per heavy atom. The molecule has 1 atom stereocenters. The Balaban J connectivity index is 1.99. The highest BCUT2D eigenvalue weighted by atomic mass is 32.1. The summed E-state index contributed by atoms with van der Waals surface area (Å²) in [5.74, 6) is 1.84. The normalized spacial score (nSPS) is 12.5. The molecule has 3 rings (SSSR count). The highest BCUT2D eigenvalue weighted by Gasteiger charge is 2.12. The van der Waals surface area contributed by atoms with Gasteiger partial charge in [-0.2, -0.15) is 0 Å². The first-order chi connectivity index (χ1) is 10.2. The van der Waals surface area contributed by atoms with Gasteiger partial charge < -0.3 is 5.32 Å². The summed E-state index contributed by atoms with van der Waals surface area (Å²) in [6.07, 6.45) is 0.848. The second-order valence-electron chi connectivity index (χ2n) is 5.19. The molecule has 0 amide bonds. The molecule has 2 heterocycles. The Kier molecular flexibility index (Phi) is 3.88. The number of hydrogen-bond acceptors (Lipinski definition) is 4. The van der Waals surface area contributed by atoms with Crippen molar-refractivity contribution in [3.05, 3.63) is 52.7 Å². The van der Waals surface area contributed by atoms with Gasteiger partial charge in [-0.05, 0) is 25.5 Å². The van der Waals surface area contributed by atoms with Crippen molar-refractivity contribution in [1.82, 2.24) is 9.97 Å². The Morgan fingerprint density at radius 1 is 1.19 bits per heavy atom. The van der Waals surface area contributed by atoms with E-state index in [9.17, 15) is 0 Å². The van der Waals surface area contributed by atoms with Gasteiger partial charge in [0, 0.05) is 17.3 Å². The van der Waals surface area contributed by atoms with Gasteiger partial charge in [0.25, 0.3) is 0 Å². The van der Waals surface area contributed by atoms with Crippen LogP contribution in [-0.2, 0) is 6.42 Å². The van der Waals surface area contributed by atoms with Crippen LogP contribution < -0.4 is 5.32 Å². The average molecular weight is 297 g/mol. The number of thiophene rings is 1. The lowest BCUT2D eigenvalue weighted by atomic mass is 10.1. The number of anilines is 1. The first kappa shape index (κ1) is 14.0. The van der Waals surface area contributed by atoms with Crippen LogP contribution in [0.4, 0.5) is 5.82 Å². The van der Waals surface area contributed by atoms with Crippen molar-refractivity contribution in [2.24, 2.45) is 0 Å². The van der Waals surface area contributed by atoms with Gasteiger partial charge in [-0.15, -0.1) is 11.3 Å². The highest BCUT2D eigenvalue weighted by molar-refractivity contribution is 7.18. The summed E-state index contributed by atoms with van der Waals surface area (Å²) in [5, 5.41) is 4.67. The van der Waals surface area contributed by atoms with Crippen LogP contribution in [0.5, 0.6) is 0 Å². The third-order valence-electron chi connectivity index (χ3n) is 3.53. The maximum absolute atomic E-state index is 4.68. The van der Waals surface area contributed by atoms with E-state index < -0.39 is 0 Å². The van der Waals surface area contributed by atoms with Crippen molar-refractivity contribution in [2.75, 3.05) is 5.32 Å². The average Bonchev–Trinajstić information content (AvgIpc) is 2.88. The predicted octanol–water partition coefficient (Wildman–Crippen LogP) is 4.74. The fourth-order valence-electron chi connectivity index (χ4n) is 2.38. The number of nitrogens with zero attached hydrogens (tertiary/aromatic N) is 2. The summed E-state index contributed by atoms with van der Waals surface area (Å²) in [6, 6.07) is 12.8. The van der Waals surface area contributed by atoms with E-state index in [1.807, 2.05) is 6.07 Å². The molecule has 0 fully saturated rings. The molecule has 108 valence electrons. The van der Waals surface area contributed by atoms with Crippen LogP contribution in [0.15, 0.2) is 36.4 Å². The molecule has 4 heteroatoms. The summed E-state index contributed by atoms with van der Waals surface area (Å²) in [6.45, 7) is 6.36. The fraction of sp³-hybridized carbons (Fsp3) is 0.294. The highest BCUT2D eigenvalue weighted by Crippen LogP contribution is 2.30. The molecule has 0 radical (unpaired) electrons. The van der Waals surface area contributed by atoms with Crippen LogP contribution in [0.25, 0.3) is 10.2 Å². The summed E-state index contributed by atoms with van der Waals surface area (Å²) in [5.41, 5.74) is 1.26. The second kappa shape index (κ2) is 5.82. The van der Waals surface area contributed by atoms with E-state index in [0.29, 0.717) is 0 Å². The predicted molar refractivity (Wildman–Crippen MR) is 90.0 cm³/mol. The molecule has 1 aromatic carbocycles. The zero-order chi connectivity index (χ0) is 14.8. The van der Waals surface area contributed by atoms with E-state index in [1.165, 1.54) is 10.4 Å². The van der Waals surface area contributed by atoms with Gasteiger partial charge in [-0.25, -0.2) is 9.97 Å². The molecule has 0 spiro atoms. The molecule has 21 heavy (non-hydrogen) atoms. The van der Waals surface area contributed by atoms with Gasteiger partial charge in [0.05, 0.1) is 5.39 Å². The van der Waals surface area contributed by atoms with E-state index in [1.54, 1.807) is 11.3 Å². The van der Waals surface area contributed by atoms with Crippen molar-refractivity contribution in [2.45, 2.75) is 33.2 Å². The number of nitrogens with one attached hydrogen (secondary N) is 1. The number of aryl methyl sites for hydroxylation is 2. The van der Waals surface area contributed by atoms with Crippen molar-refractivity contribution in [3.63, 3.8) is 0 Å². The zero-order valence-corrected chi connectivity index (χ0v) is 13.4. The summed E-state index contributed by atoms with van der Waals surface area (Å²) in [4.78, 5) is 11.6. The first-order valence-corrected chi connectivity index (χ1v) is 8.07. The Labute approximate surface area is 129 Å². The summed E-state index contributed by atoms with van der Waals surface area (Å²) >= 11 is 1.73.